The summed E-state index contributed by atoms with van der Waals surface area (Å²) < 4.78 is 10.8. The summed E-state index contributed by atoms with van der Waals surface area (Å²) in [6.07, 6.45) is 0.831. The summed E-state index contributed by atoms with van der Waals surface area (Å²) in [4.78, 5) is 26.8. The Morgan fingerprint density at radius 1 is 1.07 bits per heavy atom. The Morgan fingerprint density at radius 2 is 1.70 bits per heavy atom. The molecule has 1 N–H and O–H groups in total. The van der Waals surface area contributed by atoms with Gasteiger partial charge in [0.1, 0.15) is 17.5 Å². The summed E-state index contributed by atoms with van der Waals surface area (Å²) >= 11 is 5.95. The molecule has 0 heterocycles. The summed E-state index contributed by atoms with van der Waals surface area (Å²) in [5.41, 5.74) is 0.915. The molecule has 0 radical (unpaired) electrons. The number of ether oxygens (including phenoxy) is 2. The molecule has 2 rings (SSSR count). The van der Waals surface area contributed by atoms with E-state index in [2.05, 4.69) is 5.32 Å². The van der Waals surface area contributed by atoms with Crippen LogP contribution in [0.1, 0.15) is 32.3 Å². The first-order valence-corrected chi connectivity index (χ1v) is 10.4. The molecule has 162 valence electrons. The van der Waals surface area contributed by atoms with Crippen molar-refractivity contribution >= 4 is 23.4 Å². The molecule has 0 aliphatic carbocycles. The van der Waals surface area contributed by atoms with Crippen LogP contribution in [0.2, 0.25) is 5.02 Å². The number of hydrogen-bond donors (Lipinski definition) is 1. The molecule has 7 heteroatoms. The van der Waals surface area contributed by atoms with E-state index < -0.39 is 6.04 Å². The number of hydrogen-bond acceptors (Lipinski definition) is 4. The molecule has 0 bridgehead atoms. The van der Waals surface area contributed by atoms with Crippen molar-refractivity contribution in [1.29, 1.82) is 0 Å². The SMILES string of the molecule is CCNC(=O)C(C)N(Cc1ccc(Cl)cc1)C(=O)CCCOc1ccc(OC)cc1. The van der Waals surface area contributed by atoms with Crippen molar-refractivity contribution in [2.45, 2.75) is 39.3 Å². The number of carbonyl (C=O) groups excluding carboxylic acids is 2. The Labute approximate surface area is 183 Å². The summed E-state index contributed by atoms with van der Waals surface area (Å²) in [5, 5.41) is 3.41. The zero-order valence-corrected chi connectivity index (χ0v) is 18.4. The predicted octanol–water partition coefficient (Wildman–Crippen LogP) is 4.06. The largest absolute Gasteiger partial charge is 0.497 e. The normalized spacial score (nSPS) is 11.5. The minimum Gasteiger partial charge on any atom is -0.497 e. The third kappa shape index (κ3) is 7.26. The van der Waals surface area contributed by atoms with E-state index in [4.69, 9.17) is 21.1 Å². The van der Waals surface area contributed by atoms with Gasteiger partial charge in [-0.1, -0.05) is 23.7 Å². The molecule has 2 aromatic carbocycles. The molecule has 1 atom stereocenters. The third-order valence-electron chi connectivity index (χ3n) is 4.65. The highest BCUT2D eigenvalue weighted by atomic mass is 35.5. The molecule has 0 saturated carbocycles. The van der Waals surface area contributed by atoms with E-state index in [0.717, 1.165) is 17.1 Å². The van der Waals surface area contributed by atoms with Crippen molar-refractivity contribution < 1.29 is 19.1 Å². The maximum atomic E-state index is 12.9. The lowest BCUT2D eigenvalue weighted by Gasteiger charge is -2.28. The Bertz CT molecular complexity index is 809. The second-order valence-electron chi connectivity index (χ2n) is 6.85. The van der Waals surface area contributed by atoms with Gasteiger partial charge in [0.2, 0.25) is 11.8 Å². The Morgan fingerprint density at radius 3 is 2.30 bits per heavy atom. The van der Waals surface area contributed by atoms with Crippen LogP contribution in [0, 0.1) is 0 Å². The van der Waals surface area contributed by atoms with E-state index in [1.165, 1.54) is 0 Å². The maximum Gasteiger partial charge on any atom is 0.242 e. The Kier molecular flexibility index (Phi) is 9.48. The molecular formula is C23H29ClN2O4. The zero-order valence-electron chi connectivity index (χ0n) is 17.7. The van der Waals surface area contributed by atoms with E-state index >= 15 is 0 Å². The van der Waals surface area contributed by atoms with Crippen molar-refractivity contribution in [2.24, 2.45) is 0 Å². The van der Waals surface area contributed by atoms with Gasteiger partial charge in [-0.15, -0.1) is 0 Å². The van der Waals surface area contributed by atoms with Crippen LogP contribution in [0.4, 0.5) is 0 Å². The van der Waals surface area contributed by atoms with Gasteiger partial charge in [0.05, 0.1) is 13.7 Å². The lowest BCUT2D eigenvalue weighted by Crippen LogP contribution is -2.47. The van der Waals surface area contributed by atoms with Crippen LogP contribution in [0.25, 0.3) is 0 Å². The molecule has 0 aromatic heterocycles. The van der Waals surface area contributed by atoms with Crippen molar-refractivity contribution in [1.82, 2.24) is 10.2 Å². The van der Waals surface area contributed by atoms with E-state index in [9.17, 15) is 9.59 Å². The van der Waals surface area contributed by atoms with Gasteiger partial charge in [0, 0.05) is 24.5 Å². The predicted molar refractivity (Wildman–Crippen MR) is 118 cm³/mol. The van der Waals surface area contributed by atoms with E-state index in [-0.39, 0.29) is 18.2 Å². The van der Waals surface area contributed by atoms with Gasteiger partial charge in [-0.05, 0) is 62.2 Å². The number of nitrogens with zero attached hydrogens (tertiary/aromatic N) is 1. The van der Waals surface area contributed by atoms with Crippen molar-refractivity contribution in [2.75, 3.05) is 20.3 Å². The van der Waals surface area contributed by atoms with Crippen molar-refractivity contribution in [3.8, 4) is 11.5 Å². The number of halogens is 1. The van der Waals surface area contributed by atoms with Crippen LogP contribution in [-0.2, 0) is 16.1 Å². The molecule has 30 heavy (non-hydrogen) atoms. The van der Waals surface area contributed by atoms with Crippen LogP contribution in [0.3, 0.4) is 0 Å². The van der Waals surface area contributed by atoms with Gasteiger partial charge in [0.25, 0.3) is 0 Å². The van der Waals surface area contributed by atoms with E-state index in [1.54, 1.807) is 31.1 Å². The lowest BCUT2D eigenvalue weighted by atomic mass is 10.1. The zero-order chi connectivity index (χ0) is 21.9. The highest BCUT2D eigenvalue weighted by molar-refractivity contribution is 6.30. The van der Waals surface area contributed by atoms with Gasteiger partial charge < -0.3 is 19.7 Å². The Hall–Kier alpha value is -2.73. The number of carbonyl (C=O) groups is 2. The fourth-order valence-electron chi connectivity index (χ4n) is 2.92. The monoisotopic (exact) mass is 432 g/mol. The molecule has 2 amide bonds. The summed E-state index contributed by atoms with van der Waals surface area (Å²) in [6, 6.07) is 14.0. The number of nitrogens with one attached hydrogen (secondary N) is 1. The van der Waals surface area contributed by atoms with Gasteiger partial charge in [-0.25, -0.2) is 0 Å². The number of rotatable bonds is 11. The highest BCUT2D eigenvalue weighted by Gasteiger charge is 2.25. The first kappa shape index (κ1) is 23.5. The van der Waals surface area contributed by atoms with Crippen LogP contribution in [0.5, 0.6) is 11.5 Å². The van der Waals surface area contributed by atoms with E-state index in [0.29, 0.717) is 31.1 Å². The standard InChI is InChI=1S/C23H29ClN2O4/c1-4-25-23(28)17(2)26(16-18-7-9-19(24)10-8-18)22(27)6-5-15-30-21-13-11-20(29-3)12-14-21/h7-14,17H,4-6,15-16H2,1-3H3,(H,25,28). The molecule has 0 aliphatic rings. The fraction of sp³-hybridized carbons (Fsp3) is 0.391. The summed E-state index contributed by atoms with van der Waals surface area (Å²) in [7, 11) is 1.61. The number of methoxy groups -OCH3 is 1. The van der Waals surface area contributed by atoms with Crippen molar-refractivity contribution in [3.05, 3.63) is 59.1 Å². The van der Waals surface area contributed by atoms with Gasteiger partial charge >= 0.3 is 0 Å². The minimum atomic E-state index is -0.573. The van der Waals surface area contributed by atoms with Crippen LogP contribution in [-0.4, -0.2) is 43.0 Å². The van der Waals surface area contributed by atoms with E-state index in [1.807, 2.05) is 43.3 Å². The number of likely N-dealkylation sites (N-methyl/N-ethyl adjacent to an activating group) is 1. The van der Waals surface area contributed by atoms with Crippen molar-refractivity contribution in [3.63, 3.8) is 0 Å². The maximum absolute atomic E-state index is 12.9. The first-order valence-electron chi connectivity index (χ1n) is 10.0. The molecule has 0 spiro atoms. The first-order chi connectivity index (χ1) is 14.4. The summed E-state index contributed by atoms with van der Waals surface area (Å²) in [6.45, 7) is 4.86. The lowest BCUT2D eigenvalue weighted by molar-refractivity contribution is -0.140. The molecule has 0 saturated heterocycles. The molecule has 2 aromatic rings. The molecular weight excluding hydrogens is 404 g/mol. The average molecular weight is 433 g/mol. The molecule has 1 unspecified atom stereocenters. The Balaban J connectivity index is 1.94. The van der Waals surface area contributed by atoms with Crippen LogP contribution in [0.15, 0.2) is 48.5 Å². The highest BCUT2D eigenvalue weighted by Crippen LogP contribution is 2.18. The molecule has 0 aliphatic heterocycles. The average Bonchev–Trinajstić information content (AvgIpc) is 2.76. The quantitative estimate of drug-likeness (QED) is 0.544. The summed E-state index contributed by atoms with van der Waals surface area (Å²) in [5.74, 6) is 1.21. The van der Waals surface area contributed by atoms with Crippen LogP contribution < -0.4 is 14.8 Å². The smallest absolute Gasteiger partial charge is 0.242 e. The third-order valence-corrected chi connectivity index (χ3v) is 4.90. The second-order valence-corrected chi connectivity index (χ2v) is 7.28. The molecule has 6 nitrogen and oxygen atoms in total. The van der Waals surface area contributed by atoms with Gasteiger partial charge in [-0.2, -0.15) is 0 Å². The second kappa shape index (κ2) is 12.1. The van der Waals surface area contributed by atoms with Gasteiger partial charge in [0.15, 0.2) is 0 Å². The topological polar surface area (TPSA) is 67.9 Å². The number of benzene rings is 2. The fourth-order valence-corrected chi connectivity index (χ4v) is 3.05. The minimum absolute atomic E-state index is 0.0953. The van der Waals surface area contributed by atoms with Crippen LogP contribution >= 0.6 is 11.6 Å². The molecule has 0 fully saturated rings. The van der Waals surface area contributed by atoms with Gasteiger partial charge in [-0.3, -0.25) is 9.59 Å². The number of amides is 2.